The molecule has 0 saturated carbocycles. The van der Waals surface area contributed by atoms with E-state index >= 15 is 0 Å². The van der Waals surface area contributed by atoms with Gasteiger partial charge in [-0.2, -0.15) is 0 Å². The van der Waals surface area contributed by atoms with Gasteiger partial charge < -0.3 is 20.5 Å². The van der Waals surface area contributed by atoms with Crippen LogP contribution in [0.2, 0.25) is 0 Å². The molecule has 0 radical (unpaired) electrons. The van der Waals surface area contributed by atoms with Crippen LogP contribution in [0.4, 0.5) is 0 Å². The smallest absolute Gasteiger partial charge is 0.253 e. The lowest BCUT2D eigenvalue weighted by atomic mass is 10.1. The number of nitrogens with one attached hydrogen (secondary N) is 3. The van der Waals surface area contributed by atoms with Crippen molar-refractivity contribution in [1.82, 2.24) is 20.5 Å². The normalized spacial score (nSPS) is 11.1. The van der Waals surface area contributed by atoms with E-state index in [2.05, 4.69) is 53.0 Å². The Balaban J connectivity index is 0.00000341. The van der Waals surface area contributed by atoms with Crippen molar-refractivity contribution >= 4 is 46.7 Å². The molecule has 1 aromatic heterocycles. The Morgan fingerprint density at radius 3 is 2.65 bits per heavy atom. The van der Waals surface area contributed by atoms with Crippen LogP contribution in [0.25, 0.3) is 10.9 Å². The summed E-state index contributed by atoms with van der Waals surface area (Å²) < 4.78 is 0. The largest absolute Gasteiger partial charge is 0.361 e. The Morgan fingerprint density at radius 1 is 1.06 bits per heavy atom. The van der Waals surface area contributed by atoms with Crippen molar-refractivity contribution in [2.75, 3.05) is 33.7 Å². The second-order valence-corrected chi connectivity index (χ2v) is 7.45. The Morgan fingerprint density at radius 2 is 1.87 bits per heavy atom. The van der Waals surface area contributed by atoms with Crippen LogP contribution in [-0.4, -0.2) is 55.5 Å². The molecule has 0 fully saturated rings. The molecule has 0 saturated heterocycles. The average molecular weight is 533 g/mol. The van der Waals surface area contributed by atoms with Crippen molar-refractivity contribution in [3.8, 4) is 0 Å². The summed E-state index contributed by atoms with van der Waals surface area (Å²) in [6.07, 6.45) is 3.78. The summed E-state index contributed by atoms with van der Waals surface area (Å²) in [6.45, 7) is 4.33. The predicted octanol–water partition coefficient (Wildman–Crippen LogP) is 3.83. The maximum Gasteiger partial charge on any atom is 0.253 e. The van der Waals surface area contributed by atoms with Crippen LogP contribution < -0.4 is 10.6 Å². The number of aliphatic imine (C=N–C) groups is 1. The number of hydrogen-bond acceptors (Lipinski definition) is 2. The number of H-pyrrole nitrogens is 1. The van der Waals surface area contributed by atoms with E-state index in [0.717, 1.165) is 48.5 Å². The number of aromatic nitrogens is 1. The number of para-hydroxylation sites is 1. The van der Waals surface area contributed by atoms with Gasteiger partial charge in [-0.15, -0.1) is 24.0 Å². The third-order valence-corrected chi connectivity index (χ3v) is 4.96. The number of aromatic amines is 1. The van der Waals surface area contributed by atoms with E-state index in [1.54, 1.807) is 19.0 Å². The Labute approximate surface area is 201 Å². The first-order valence-corrected chi connectivity index (χ1v) is 10.5. The fourth-order valence-corrected chi connectivity index (χ4v) is 3.41. The summed E-state index contributed by atoms with van der Waals surface area (Å²) in [6, 6.07) is 16.1. The third kappa shape index (κ3) is 6.99. The number of hydrogen-bond donors (Lipinski definition) is 3. The first kappa shape index (κ1) is 24.7. The highest BCUT2D eigenvalue weighted by Gasteiger charge is 2.08. The molecule has 31 heavy (non-hydrogen) atoms. The first-order chi connectivity index (χ1) is 14.6. The lowest BCUT2D eigenvalue weighted by molar-refractivity contribution is 0.0827. The van der Waals surface area contributed by atoms with Gasteiger partial charge in [0.1, 0.15) is 0 Å². The molecule has 7 heteroatoms. The van der Waals surface area contributed by atoms with Crippen molar-refractivity contribution < 1.29 is 4.79 Å². The number of benzene rings is 2. The van der Waals surface area contributed by atoms with Crippen molar-refractivity contribution in [2.24, 2.45) is 4.99 Å². The topological polar surface area (TPSA) is 72.5 Å². The minimum atomic E-state index is 0. The van der Waals surface area contributed by atoms with Crippen LogP contribution in [0.3, 0.4) is 0 Å². The van der Waals surface area contributed by atoms with E-state index in [0.29, 0.717) is 6.54 Å². The second-order valence-electron chi connectivity index (χ2n) is 7.45. The molecular formula is C24H32IN5O. The molecule has 0 atom stereocenters. The van der Waals surface area contributed by atoms with Gasteiger partial charge in [0.15, 0.2) is 5.96 Å². The van der Waals surface area contributed by atoms with Gasteiger partial charge in [-0.25, -0.2) is 0 Å². The van der Waals surface area contributed by atoms with Crippen molar-refractivity contribution in [1.29, 1.82) is 0 Å². The molecule has 0 spiro atoms. The zero-order valence-corrected chi connectivity index (χ0v) is 20.8. The molecule has 6 nitrogen and oxygen atoms in total. The molecule has 166 valence electrons. The maximum absolute atomic E-state index is 12.1. The molecular weight excluding hydrogens is 501 g/mol. The number of carbonyl (C=O) groups is 1. The number of halogens is 1. The van der Waals surface area contributed by atoms with Gasteiger partial charge in [0.05, 0.1) is 0 Å². The van der Waals surface area contributed by atoms with Gasteiger partial charge in [-0.3, -0.25) is 9.79 Å². The number of amides is 1. The molecule has 2 aromatic carbocycles. The molecule has 1 amide bonds. The van der Waals surface area contributed by atoms with Crippen LogP contribution in [0.1, 0.15) is 28.4 Å². The molecule has 3 rings (SSSR count). The molecule has 0 aliphatic carbocycles. The van der Waals surface area contributed by atoms with E-state index in [-0.39, 0.29) is 29.9 Å². The number of fused-ring (bicyclic) bond motifs is 1. The number of guanidine groups is 1. The molecule has 1 heterocycles. The van der Waals surface area contributed by atoms with Crippen LogP contribution in [0.15, 0.2) is 59.7 Å². The Kier molecular flexibility index (Phi) is 9.84. The van der Waals surface area contributed by atoms with Gasteiger partial charge in [0.25, 0.3) is 5.91 Å². The highest BCUT2D eigenvalue weighted by Crippen LogP contribution is 2.17. The number of carbonyl (C=O) groups excluding carboxylic acids is 1. The van der Waals surface area contributed by atoms with Crippen molar-refractivity contribution in [2.45, 2.75) is 19.8 Å². The monoisotopic (exact) mass is 533 g/mol. The summed E-state index contributed by atoms with van der Waals surface area (Å²) in [5, 5.41) is 7.96. The van der Waals surface area contributed by atoms with Gasteiger partial charge in [-0.05, 0) is 49.1 Å². The summed E-state index contributed by atoms with van der Waals surface area (Å²) >= 11 is 0. The lowest BCUT2D eigenvalue weighted by Gasteiger charge is -2.13. The van der Waals surface area contributed by atoms with Gasteiger partial charge in [0.2, 0.25) is 0 Å². The molecule has 0 aliphatic rings. The van der Waals surface area contributed by atoms with Crippen molar-refractivity contribution in [3.63, 3.8) is 0 Å². The minimum Gasteiger partial charge on any atom is -0.361 e. The van der Waals surface area contributed by atoms with E-state index < -0.39 is 0 Å². The van der Waals surface area contributed by atoms with Gasteiger partial charge in [0, 0.05) is 56.4 Å². The van der Waals surface area contributed by atoms with E-state index in [1.165, 1.54) is 10.9 Å². The van der Waals surface area contributed by atoms with Gasteiger partial charge in [-0.1, -0.05) is 30.3 Å². The van der Waals surface area contributed by atoms with Crippen LogP contribution in [0.5, 0.6) is 0 Å². The zero-order valence-electron chi connectivity index (χ0n) is 18.4. The fourth-order valence-electron chi connectivity index (χ4n) is 3.41. The lowest BCUT2D eigenvalue weighted by Crippen LogP contribution is -2.38. The minimum absolute atomic E-state index is 0. The van der Waals surface area contributed by atoms with E-state index in [9.17, 15) is 4.79 Å². The van der Waals surface area contributed by atoms with Crippen LogP contribution in [-0.2, 0) is 12.8 Å². The fraction of sp³-hybridized carbons (Fsp3) is 0.333. The van der Waals surface area contributed by atoms with E-state index in [1.807, 2.05) is 24.3 Å². The summed E-state index contributed by atoms with van der Waals surface area (Å²) in [7, 11) is 3.54. The molecule has 3 aromatic rings. The zero-order chi connectivity index (χ0) is 21.3. The van der Waals surface area contributed by atoms with Gasteiger partial charge >= 0.3 is 0 Å². The molecule has 0 bridgehead atoms. The Hall–Kier alpha value is -2.55. The van der Waals surface area contributed by atoms with Crippen molar-refractivity contribution in [3.05, 3.63) is 71.4 Å². The summed E-state index contributed by atoms with van der Waals surface area (Å²) in [4.78, 5) is 21.8. The maximum atomic E-state index is 12.1. The average Bonchev–Trinajstić information content (AvgIpc) is 3.16. The summed E-state index contributed by atoms with van der Waals surface area (Å²) in [5.74, 6) is 0.842. The predicted molar refractivity (Wildman–Crippen MR) is 140 cm³/mol. The Bertz CT molecular complexity index is 1010. The second kappa shape index (κ2) is 12.3. The molecule has 3 N–H and O–H groups in total. The van der Waals surface area contributed by atoms with E-state index in [4.69, 9.17) is 4.99 Å². The third-order valence-electron chi connectivity index (χ3n) is 4.96. The molecule has 0 unspecified atom stereocenters. The SMILES string of the molecule is CCNC(=NCCc1c[nH]c2ccccc12)NCCc1cccc(C(=O)N(C)C)c1.I. The summed E-state index contributed by atoms with van der Waals surface area (Å²) in [5.41, 5.74) is 4.30. The number of nitrogens with zero attached hydrogens (tertiary/aromatic N) is 2. The molecule has 0 aliphatic heterocycles. The first-order valence-electron chi connectivity index (χ1n) is 10.5. The highest BCUT2D eigenvalue weighted by molar-refractivity contribution is 14.0. The number of rotatable bonds is 8. The quantitative estimate of drug-likeness (QED) is 0.234. The van der Waals surface area contributed by atoms with Crippen LogP contribution >= 0.6 is 24.0 Å². The highest BCUT2D eigenvalue weighted by atomic mass is 127. The standard InChI is InChI=1S/C24H31N5O.HI/c1-4-25-24(27-15-13-20-17-28-22-11-6-5-10-21(20)22)26-14-12-18-8-7-9-19(16-18)23(30)29(2)3;/h5-11,16-17,28H,4,12-15H2,1-3H3,(H2,25,26,27);1H. The van der Waals surface area contributed by atoms with Crippen LogP contribution in [0, 0.1) is 0 Å².